The van der Waals surface area contributed by atoms with E-state index in [1.807, 2.05) is 0 Å². The van der Waals surface area contributed by atoms with Gasteiger partial charge < -0.3 is 10.4 Å². The minimum absolute atomic E-state index is 0.0410. The third-order valence-corrected chi connectivity index (χ3v) is 2.10. The van der Waals surface area contributed by atoms with Crippen LogP contribution in [0.15, 0.2) is 18.5 Å². The molecule has 18 heavy (non-hydrogen) atoms. The first-order valence-corrected chi connectivity index (χ1v) is 5.01. The highest BCUT2D eigenvalue weighted by Crippen LogP contribution is 2.07. The maximum Gasteiger partial charge on any atom is 0.353 e. The predicted molar refractivity (Wildman–Crippen MR) is 60.5 cm³/mol. The molecule has 8 nitrogen and oxygen atoms in total. The van der Waals surface area contributed by atoms with Gasteiger partial charge in [-0.15, -0.1) is 0 Å². The van der Waals surface area contributed by atoms with Gasteiger partial charge in [-0.2, -0.15) is 5.10 Å². The maximum atomic E-state index is 11.6. The van der Waals surface area contributed by atoms with Crippen LogP contribution in [-0.4, -0.2) is 37.1 Å². The normalized spacial score (nSPS) is 10.1. The van der Waals surface area contributed by atoms with Crippen molar-refractivity contribution in [2.24, 2.45) is 0 Å². The van der Waals surface area contributed by atoms with E-state index in [0.29, 0.717) is 0 Å². The third-order valence-electron chi connectivity index (χ3n) is 1.90. The molecule has 3 N–H and O–H groups in total. The fourth-order valence-electron chi connectivity index (χ4n) is 1.11. The largest absolute Gasteiger partial charge is 0.477 e. The summed E-state index contributed by atoms with van der Waals surface area (Å²) >= 11 is 5.53. The average Bonchev–Trinajstić information content (AvgIpc) is 2.78. The number of carboxylic acids is 1. The first-order chi connectivity index (χ1) is 8.56. The smallest absolute Gasteiger partial charge is 0.353 e. The molecule has 0 radical (unpaired) electrons. The summed E-state index contributed by atoms with van der Waals surface area (Å²) in [6, 6.07) is 1.18. The van der Waals surface area contributed by atoms with Crippen molar-refractivity contribution >= 4 is 29.3 Å². The van der Waals surface area contributed by atoms with E-state index in [1.54, 1.807) is 0 Å². The minimum Gasteiger partial charge on any atom is -0.477 e. The van der Waals surface area contributed by atoms with Gasteiger partial charge in [-0.1, -0.05) is 11.6 Å². The van der Waals surface area contributed by atoms with Gasteiger partial charge in [0.1, 0.15) is 16.5 Å². The summed E-state index contributed by atoms with van der Waals surface area (Å²) in [6.45, 7) is 0. The lowest BCUT2D eigenvalue weighted by molar-refractivity contribution is 0.0690. The summed E-state index contributed by atoms with van der Waals surface area (Å²) in [5, 5.41) is 17.0. The van der Waals surface area contributed by atoms with Crippen molar-refractivity contribution in [3.8, 4) is 0 Å². The number of anilines is 1. The SMILES string of the molecule is O=C(Nc1cc(C(=O)O)[nH]n1)c1cnc(Cl)cn1. The van der Waals surface area contributed by atoms with Crippen molar-refractivity contribution in [3.05, 3.63) is 35.0 Å². The van der Waals surface area contributed by atoms with Crippen LogP contribution in [0.3, 0.4) is 0 Å². The topological polar surface area (TPSA) is 121 Å². The van der Waals surface area contributed by atoms with Crippen LogP contribution in [0.5, 0.6) is 0 Å². The van der Waals surface area contributed by atoms with Gasteiger partial charge >= 0.3 is 5.97 Å². The maximum absolute atomic E-state index is 11.6. The Morgan fingerprint density at radius 3 is 2.67 bits per heavy atom. The van der Waals surface area contributed by atoms with E-state index in [9.17, 15) is 9.59 Å². The number of carbonyl (C=O) groups is 2. The summed E-state index contributed by atoms with van der Waals surface area (Å²) in [5.74, 6) is -1.66. The van der Waals surface area contributed by atoms with Crippen LogP contribution in [0.2, 0.25) is 5.15 Å². The molecule has 0 aliphatic heterocycles. The number of rotatable bonds is 3. The molecule has 9 heteroatoms. The highest BCUT2D eigenvalue weighted by molar-refractivity contribution is 6.29. The molecular weight excluding hydrogens is 262 g/mol. The number of hydrogen-bond donors (Lipinski definition) is 3. The Balaban J connectivity index is 2.11. The number of H-pyrrole nitrogens is 1. The number of nitrogens with one attached hydrogen (secondary N) is 2. The number of nitrogens with zero attached hydrogens (tertiary/aromatic N) is 3. The molecule has 2 rings (SSSR count). The number of hydrogen-bond acceptors (Lipinski definition) is 5. The van der Waals surface area contributed by atoms with Gasteiger partial charge in [0, 0.05) is 6.07 Å². The van der Waals surface area contributed by atoms with Crippen molar-refractivity contribution in [1.29, 1.82) is 0 Å². The Morgan fingerprint density at radius 2 is 2.11 bits per heavy atom. The summed E-state index contributed by atoms with van der Waals surface area (Å²) < 4.78 is 0. The standard InChI is InChI=1S/C9H6ClN5O3/c10-6-3-11-5(2-12-6)8(16)13-7-1-4(9(17)18)14-15-7/h1-3H,(H,17,18)(H2,13,14,15,16). The highest BCUT2D eigenvalue weighted by atomic mass is 35.5. The zero-order valence-electron chi connectivity index (χ0n) is 8.72. The van der Waals surface area contributed by atoms with Crippen LogP contribution in [0.1, 0.15) is 21.0 Å². The number of halogens is 1. The van der Waals surface area contributed by atoms with Crippen molar-refractivity contribution in [2.75, 3.05) is 5.32 Å². The summed E-state index contributed by atoms with van der Waals surface area (Å²) in [6.07, 6.45) is 2.42. The Kier molecular flexibility index (Phi) is 3.20. The molecule has 0 fully saturated rings. The molecule has 92 valence electrons. The fraction of sp³-hybridized carbons (Fsp3) is 0. The van der Waals surface area contributed by atoms with Crippen molar-refractivity contribution < 1.29 is 14.7 Å². The zero-order valence-corrected chi connectivity index (χ0v) is 9.47. The number of aromatic nitrogens is 4. The second kappa shape index (κ2) is 4.80. The van der Waals surface area contributed by atoms with Crippen LogP contribution >= 0.6 is 11.6 Å². The second-order valence-corrected chi connectivity index (χ2v) is 3.54. The van der Waals surface area contributed by atoms with E-state index in [2.05, 4.69) is 25.5 Å². The van der Waals surface area contributed by atoms with Gasteiger partial charge in [0.15, 0.2) is 5.82 Å². The lowest BCUT2D eigenvalue weighted by Gasteiger charge is -1.99. The molecule has 2 aromatic rings. The summed E-state index contributed by atoms with van der Waals surface area (Å²) in [4.78, 5) is 29.7. The van der Waals surface area contributed by atoms with E-state index >= 15 is 0 Å². The molecular formula is C9H6ClN5O3. The number of amides is 1. The fourth-order valence-corrected chi connectivity index (χ4v) is 1.20. The molecule has 0 aliphatic rings. The molecule has 0 spiro atoms. The second-order valence-electron chi connectivity index (χ2n) is 3.15. The van der Waals surface area contributed by atoms with Crippen molar-refractivity contribution in [1.82, 2.24) is 20.2 Å². The van der Waals surface area contributed by atoms with Crippen molar-refractivity contribution in [3.63, 3.8) is 0 Å². The first kappa shape index (κ1) is 12.0. The van der Waals surface area contributed by atoms with Crippen molar-refractivity contribution in [2.45, 2.75) is 0 Å². The van der Waals surface area contributed by atoms with Gasteiger partial charge in [-0.25, -0.2) is 14.8 Å². The molecule has 0 aliphatic carbocycles. The molecule has 1 amide bonds. The Bertz CT molecular complexity index is 595. The number of carbonyl (C=O) groups excluding carboxylic acids is 1. The van der Waals surface area contributed by atoms with E-state index in [0.717, 1.165) is 0 Å². The Morgan fingerprint density at radius 1 is 1.33 bits per heavy atom. The van der Waals surface area contributed by atoms with Crippen LogP contribution in [-0.2, 0) is 0 Å². The Labute approximate surface area is 105 Å². The third kappa shape index (κ3) is 2.61. The minimum atomic E-state index is -1.17. The van der Waals surface area contributed by atoms with Crippen LogP contribution in [0.25, 0.3) is 0 Å². The molecule has 2 heterocycles. The quantitative estimate of drug-likeness (QED) is 0.756. The predicted octanol–water partition coefficient (Wildman–Crippen LogP) is 0.804. The summed E-state index contributed by atoms with van der Waals surface area (Å²) in [7, 11) is 0. The number of aromatic amines is 1. The van der Waals surface area contributed by atoms with E-state index < -0.39 is 11.9 Å². The van der Waals surface area contributed by atoms with Gasteiger partial charge in [0.05, 0.1) is 12.4 Å². The van der Waals surface area contributed by atoms with E-state index in [4.69, 9.17) is 16.7 Å². The zero-order chi connectivity index (χ0) is 13.1. The first-order valence-electron chi connectivity index (χ1n) is 4.64. The molecule has 0 bridgehead atoms. The monoisotopic (exact) mass is 267 g/mol. The molecule has 0 saturated heterocycles. The number of aromatic carboxylic acids is 1. The Hall–Kier alpha value is -2.48. The molecule has 2 aromatic heterocycles. The van der Waals surface area contributed by atoms with Crippen LogP contribution in [0, 0.1) is 0 Å². The average molecular weight is 268 g/mol. The molecule has 0 unspecified atom stereocenters. The highest BCUT2D eigenvalue weighted by Gasteiger charge is 2.12. The molecule has 0 atom stereocenters. The van der Waals surface area contributed by atoms with E-state index in [1.165, 1.54) is 18.5 Å². The van der Waals surface area contributed by atoms with Gasteiger partial charge in [-0.3, -0.25) is 9.89 Å². The molecule has 0 aromatic carbocycles. The lowest BCUT2D eigenvalue weighted by Crippen LogP contribution is -2.14. The summed E-state index contributed by atoms with van der Waals surface area (Å²) in [5.41, 5.74) is -0.0910. The number of carboxylic acid groups (broad SMARTS) is 1. The molecule has 0 saturated carbocycles. The van der Waals surface area contributed by atoms with Crippen LogP contribution < -0.4 is 5.32 Å². The lowest BCUT2D eigenvalue weighted by atomic mass is 10.4. The van der Waals surface area contributed by atoms with Gasteiger partial charge in [0.2, 0.25) is 0 Å². The van der Waals surface area contributed by atoms with E-state index in [-0.39, 0.29) is 22.4 Å². The van der Waals surface area contributed by atoms with Gasteiger partial charge in [-0.05, 0) is 0 Å². The van der Waals surface area contributed by atoms with Gasteiger partial charge in [0.25, 0.3) is 5.91 Å². The van der Waals surface area contributed by atoms with Crippen LogP contribution in [0.4, 0.5) is 5.82 Å².